The van der Waals surface area contributed by atoms with Crippen LogP contribution < -0.4 is 10.9 Å². The molecule has 2 aromatic rings. The van der Waals surface area contributed by atoms with E-state index in [0.717, 1.165) is 24.9 Å². The minimum absolute atomic E-state index is 0.0284. The molecule has 1 aromatic heterocycles. The number of aromatic nitrogens is 1. The molecule has 0 unspecified atom stereocenters. The predicted octanol–water partition coefficient (Wildman–Crippen LogP) is 2.97. The first-order chi connectivity index (χ1) is 9.63. The normalized spacial score (nSPS) is 22.9. The summed E-state index contributed by atoms with van der Waals surface area (Å²) >= 11 is 5.70. The molecule has 1 aromatic carbocycles. The first kappa shape index (κ1) is 13.4. The Morgan fingerprint density at radius 1 is 1.35 bits per heavy atom. The summed E-state index contributed by atoms with van der Waals surface area (Å²) in [6.07, 6.45) is 1.63. The van der Waals surface area contributed by atoms with Crippen LogP contribution in [0.15, 0.2) is 33.6 Å². The van der Waals surface area contributed by atoms with Crippen LogP contribution in [0, 0.1) is 5.82 Å². The molecule has 1 aliphatic rings. The third kappa shape index (κ3) is 2.64. The summed E-state index contributed by atoms with van der Waals surface area (Å²) in [5.41, 5.74) is 0.627. The Morgan fingerprint density at radius 3 is 2.90 bits per heavy atom. The maximum Gasteiger partial charge on any atom is 0.280 e. The van der Waals surface area contributed by atoms with Gasteiger partial charge in [-0.3, -0.25) is 4.79 Å². The van der Waals surface area contributed by atoms with Gasteiger partial charge in [0.25, 0.3) is 5.56 Å². The number of halogens is 2. The van der Waals surface area contributed by atoms with Crippen LogP contribution in [-0.2, 0) is 0 Å². The van der Waals surface area contributed by atoms with Gasteiger partial charge in [-0.1, -0.05) is 17.7 Å². The van der Waals surface area contributed by atoms with Gasteiger partial charge in [0.1, 0.15) is 11.6 Å². The molecule has 0 radical (unpaired) electrons. The van der Waals surface area contributed by atoms with E-state index in [4.69, 9.17) is 16.1 Å². The lowest BCUT2D eigenvalue weighted by Gasteiger charge is -2.29. The number of hydrogen-bond donors (Lipinski definition) is 2. The minimum atomic E-state index is -0.415. The Morgan fingerprint density at radius 2 is 2.20 bits per heavy atom. The third-order valence-corrected chi connectivity index (χ3v) is 4.00. The van der Waals surface area contributed by atoms with Crippen molar-refractivity contribution >= 4 is 11.6 Å². The van der Waals surface area contributed by atoms with Crippen molar-refractivity contribution in [3.8, 4) is 0 Å². The Hall–Kier alpha value is -1.59. The molecular weight excluding hydrogens is 283 g/mol. The molecule has 4 nitrogen and oxygen atoms in total. The van der Waals surface area contributed by atoms with Gasteiger partial charge in [0.05, 0.1) is 5.02 Å². The van der Waals surface area contributed by atoms with Gasteiger partial charge in [0.2, 0.25) is 0 Å². The van der Waals surface area contributed by atoms with E-state index in [1.165, 1.54) is 12.1 Å². The lowest BCUT2D eigenvalue weighted by molar-refractivity contribution is 0.295. The van der Waals surface area contributed by atoms with Gasteiger partial charge >= 0.3 is 0 Å². The van der Waals surface area contributed by atoms with Crippen molar-refractivity contribution in [2.24, 2.45) is 0 Å². The van der Waals surface area contributed by atoms with Crippen molar-refractivity contribution in [2.75, 3.05) is 6.54 Å². The largest absolute Gasteiger partial charge is 0.383 e. The predicted molar refractivity (Wildman–Crippen MR) is 73.5 cm³/mol. The maximum absolute atomic E-state index is 13.5. The second kappa shape index (κ2) is 5.42. The summed E-state index contributed by atoms with van der Waals surface area (Å²) in [5.74, 6) is 0.399. The average molecular weight is 297 g/mol. The monoisotopic (exact) mass is 296 g/mol. The van der Waals surface area contributed by atoms with Crippen LogP contribution in [-0.4, -0.2) is 11.7 Å². The number of benzene rings is 1. The van der Waals surface area contributed by atoms with Crippen LogP contribution in [0.4, 0.5) is 4.39 Å². The van der Waals surface area contributed by atoms with Crippen molar-refractivity contribution in [2.45, 2.75) is 24.8 Å². The molecule has 2 N–H and O–H groups in total. The molecular formula is C14H14ClFN2O2. The Bertz CT molecular complexity index is 667. The van der Waals surface area contributed by atoms with Gasteiger partial charge in [0.15, 0.2) is 0 Å². The van der Waals surface area contributed by atoms with E-state index in [1.54, 1.807) is 6.07 Å². The molecule has 1 fully saturated rings. The number of rotatable bonds is 2. The maximum atomic E-state index is 13.5. The molecule has 20 heavy (non-hydrogen) atoms. The molecule has 0 spiro atoms. The average Bonchev–Trinajstić information content (AvgIpc) is 2.89. The van der Waals surface area contributed by atoms with Crippen LogP contribution in [0.1, 0.15) is 36.1 Å². The highest BCUT2D eigenvalue weighted by Crippen LogP contribution is 2.34. The van der Waals surface area contributed by atoms with E-state index in [2.05, 4.69) is 10.5 Å². The van der Waals surface area contributed by atoms with Crippen molar-refractivity contribution in [3.05, 3.63) is 56.8 Å². The van der Waals surface area contributed by atoms with E-state index >= 15 is 0 Å². The van der Waals surface area contributed by atoms with Crippen molar-refractivity contribution < 1.29 is 8.91 Å². The van der Waals surface area contributed by atoms with Gasteiger partial charge in [0, 0.05) is 18.0 Å². The Kier molecular flexibility index (Phi) is 3.63. The second-order valence-corrected chi connectivity index (χ2v) is 5.42. The SMILES string of the molecule is O=c1cc([C@H]2CCN[C@H](c3ccc(Cl)c(F)c3)C2)o[nH]1. The number of H-pyrrole nitrogens is 1. The summed E-state index contributed by atoms with van der Waals surface area (Å²) < 4.78 is 18.7. The van der Waals surface area contributed by atoms with Crippen LogP contribution in [0.3, 0.4) is 0 Å². The fourth-order valence-corrected chi connectivity index (χ4v) is 2.78. The van der Waals surface area contributed by atoms with E-state index in [-0.39, 0.29) is 22.5 Å². The second-order valence-electron chi connectivity index (χ2n) is 5.02. The van der Waals surface area contributed by atoms with Crippen LogP contribution in [0.5, 0.6) is 0 Å². The summed E-state index contributed by atoms with van der Waals surface area (Å²) in [7, 11) is 0. The minimum Gasteiger partial charge on any atom is -0.383 e. The van der Waals surface area contributed by atoms with E-state index in [9.17, 15) is 9.18 Å². The summed E-state index contributed by atoms with van der Waals surface area (Å²) in [6.45, 7) is 0.786. The summed E-state index contributed by atoms with van der Waals surface area (Å²) in [6, 6.07) is 6.35. The smallest absolute Gasteiger partial charge is 0.280 e. The Labute approximate surface area is 119 Å². The van der Waals surface area contributed by atoms with Gasteiger partial charge in [-0.25, -0.2) is 4.39 Å². The van der Waals surface area contributed by atoms with Gasteiger partial charge in [-0.05, 0) is 37.1 Å². The fourth-order valence-electron chi connectivity index (χ4n) is 2.66. The standard InChI is InChI=1S/C14H14ClFN2O2/c15-10-2-1-8(5-11(10)16)12-6-9(3-4-17-12)13-7-14(19)18-20-13/h1-2,5,7,9,12,17H,3-4,6H2,(H,18,19)/t9-,12-/m0/s1. The van der Waals surface area contributed by atoms with Gasteiger partial charge < -0.3 is 9.84 Å². The molecule has 2 heterocycles. The first-order valence-corrected chi connectivity index (χ1v) is 6.88. The third-order valence-electron chi connectivity index (χ3n) is 3.69. The topological polar surface area (TPSA) is 58.0 Å². The molecule has 0 bridgehead atoms. The van der Waals surface area contributed by atoms with Crippen molar-refractivity contribution in [1.82, 2.24) is 10.5 Å². The number of nitrogens with one attached hydrogen (secondary N) is 2. The van der Waals surface area contributed by atoms with E-state index in [1.807, 2.05) is 6.07 Å². The van der Waals surface area contributed by atoms with Gasteiger partial charge in [-0.2, -0.15) is 5.16 Å². The molecule has 0 saturated carbocycles. The molecule has 1 saturated heterocycles. The first-order valence-electron chi connectivity index (χ1n) is 6.50. The zero-order valence-electron chi connectivity index (χ0n) is 10.7. The Balaban J connectivity index is 1.81. The highest BCUT2D eigenvalue weighted by molar-refractivity contribution is 6.30. The van der Waals surface area contributed by atoms with Crippen molar-refractivity contribution in [3.63, 3.8) is 0 Å². The fraction of sp³-hybridized carbons (Fsp3) is 0.357. The van der Waals surface area contributed by atoms with Crippen LogP contribution in [0.25, 0.3) is 0 Å². The van der Waals surface area contributed by atoms with E-state index < -0.39 is 5.82 Å². The molecule has 1 aliphatic heterocycles. The highest BCUT2D eigenvalue weighted by Gasteiger charge is 2.26. The van der Waals surface area contributed by atoms with Crippen LogP contribution in [0.2, 0.25) is 5.02 Å². The molecule has 2 atom stereocenters. The highest BCUT2D eigenvalue weighted by atomic mass is 35.5. The van der Waals surface area contributed by atoms with Crippen molar-refractivity contribution in [1.29, 1.82) is 0 Å². The number of hydrogen-bond acceptors (Lipinski definition) is 3. The lowest BCUT2D eigenvalue weighted by atomic mass is 9.87. The zero-order chi connectivity index (χ0) is 14.1. The summed E-state index contributed by atoms with van der Waals surface area (Å²) in [5, 5.41) is 5.78. The lowest BCUT2D eigenvalue weighted by Crippen LogP contribution is -2.30. The molecule has 6 heteroatoms. The zero-order valence-corrected chi connectivity index (χ0v) is 11.4. The molecule has 0 amide bonds. The summed E-state index contributed by atoms with van der Waals surface area (Å²) in [4.78, 5) is 11.1. The molecule has 106 valence electrons. The van der Waals surface area contributed by atoms with Crippen LogP contribution >= 0.6 is 11.6 Å². The van der Waals surface area contributed by atoms with Gasteiger partial charge in [-0.15, -0.1) is 0 Å². The molecule has 3 rings (SSSR count). The van der Waals surface area contributed by atoms with E-state index in [0.29, 0.717) is 5.76 Å². The molecule has 0 aliphatic carbocycles. The number of piperidine rings is 1. The quantitative estimate of drug-likeness (QED) is 0.896. The number of aromatic amines is 1.